The Morgan fingerprint density at radius 3 is 2.35 bits per heavy atom. The summed E-state index contributed by atoms with van der Waals surface area (Å²) in [6, 6.07) is 0.449. The molecule has 0 aliphatic carbocycles. The molecule has 0 aromatic heterocycles. The Morgan fingerprint density at radius 2 is 1.77 bits per heavy atom. The quantitative estimate of drug-likeness (QED) is 0.428. The van der Waals surface area contributed by atoms with Crippen LogP contribution in [0.2, 0.25) is 0 Å². The molecule has 2 N–H and O–H groups in total. The lowest BCUT2D eigenvalue weighted by molar-refractivity contribution is 0.139. The van der Waals surface area contributed by atoms with Crippen molar-refractivity contribution >= 4 is 5.96 Å². The van der Waals surface area contributed by atoms with Crippen molar-refractivity contribution in [1.29, 1.82) is 0 Å². The Kier molecular flexibility index (Phi) is 11.9. The van der Waals surface area contributed by atoms with E-state index in [4.69, 9.17) is 0 Å². The summed E-state index contributed by atoms with van der Waals surface area (Å²) < 4.78 is 0. The molecule has 1 aliphatic heterocycles. The van der Waals surface area contributed by atoms with Crippen molar-refractivity contribution in [1.82, 2.24) is 25.3 Å². The molecule has 0 aromatic carbocycles. The Hall–Kier alpha value is -0.850. The van der Waals surface area contributed by atoms with Crippen molar-refractivity contribution in [2.24, 2.45) is 10.9 Å². The molecule has 0 amide bonds. The molecule has 2 unspecified atom stereocenters. The molecule has 1 saturated heterocycles. The van der Waals surface area contributed by atoms with Gasteiger partial charge in [0.2, 0.25) is 0 Å². The van der Waals surface area contributed by atoms with E-state index in [1.165, 1.54) is 45.6 Å². The average molecular weight is 369 g/mol. The molecule has 0 aromatic rings. The van der Waals surface area contributed by atoms with E-state index in [1.807, 2.05) is 7.05 Å². The smallest absolute Gasteiger partial charge is 0.191 e. The van der Waals surface area contributed by atoms with Gasteiger partial charge in [0.1, 0.15) is 0 Å². The van der Waals surface area contributed by atoms with Crippen molar-refractivity contribution < 1.29 is 0 Å². The van der Waals surface area contributed by atoms with Crippen LogP contribution in [0.1, 0.15) is 40.5 Å². The number of hydrogen-bond acceptors (Lipinski definition) is 4. The Balaban J connectivity index is 2.20. The van der Waals surface area contributed by atoms with E-state index in [0.717, 1.165) is 32.1 Å². The first kappa shape index (κ1) is 23.2. The average Bonchev–Trinajstić information content (AvgIpc) is 2.64. The standard InChI is InChI=1S/C20H44N6/c1-7-25(8-2)11-9-10-19(4)23-20(21-5)22-16-18(3)17-26-14-12-24(6)13-15-26/h18-19H,7-17H2,1-6H3,(H2,21,22,23). The molecule has 1 fully saturated rings. The molecule has 6 heteroatoms. The van der Waals surface area contributed by atoms with Gasteiger partial charge in [0, 0.05) is 52.4 Å². The fourth-order valence-electron chi connectivity index (χ4n) is 3.47. The predicted molar refractivity (Wildman–Crippen MR) is 114 cm³/mol. The summed E-state index contributed by atoms with van der Waals surface area (Å²) >= 11 is 0. The van der Waals surface area contributed by atoms with Gasteiger partial charge in [-0.05, 0) is 52.4 Å². The van der Waals surface area contributed by atoms with Crippen molar-refractivity contribution in [3.63, 3.8) is 0 Å². The fourth-order valence-corrected chi connectivity index (χ4v) is 3.47. The Morgan fingerprint density at radius 1 is 1.12 bits per heavy atom. The SMILES string of the molecule is CCN(CC)CCCC(C)NC(=NC)NCC(C)CN1CCN(C)CC1. The van der Waals surface area contributed by atoms with E-state index in [9.17, 15) is 0 Å². The van der Waals surface area contributed by atoms with Crippen LogP contribution in [-0.4, -0.2) is 99.7 Å². The van der Waals surface area contributed by atoms with Crippen LogP contribution >= 0.6 is 0 Å². The van der Waals surface area contributed by atoms with E-state index in [2.05, 4.69) is 65.1 Å². The van der Waals surface area contributed by atoms with Crippen molar-refractivity contribution in [2.75, 3.05) is 73.0 Å². The number of guanidine groups is 1. The van der Waals surface area contributed by atoms with E-state index < -0.39 is 0 Å². The van der Waals surface area contributed by atoms with Gasteiger partial charge < -0.3 is 25.3 Å². The van der Waals surface area contributed by atoms with E-state index >= 15 is 0 Å². The second kappa shape index (κ2) is 13.3. The minimum Gasteiger partial charge on any atom is -0.356 e. The zero-order valence-electron chi connectivity index (χ0n) is 18.2. The number of piperazine rings is 1. The van der Waals surface area contributed by atoms with Gasteiger partial charge in [0.05, 0.1) is 0 Å². The molecule has 0 saturated carbocycles. The lowest BCUT2D eigenvalue weighted by atomic mass is 10.1. The first-order chi connectivity index (χ1) is 12.5. The molecule has 0 radical (unpaired) electrons. The molecule has 26 heavy (non-hydrogen) atoms. The summed E-state index contributed by atoms with van der Waals surface area (Å²) in [5.74, 6) is 1.56. The van der Waals surface area contributed by atoms with E-state index in [0.29, 0.717) is 12.0 Å². The first-order valence-corrected chi connectivity index (χ1v) is 10.6. The number of nitrogens with zero attached hydrogens (tertiary/aromatic N) is 4. The highest BCUT2D eigenvalue weighted by atomic mass is 15.2. The molecule has 154 valence electrons. The summed E-state index contributed by atoms with van der Waals surface area (Å²) in [6.45, 7) is 19.4. The number of nitrogens with one attached hydrogen (secondary N) is 2. The molecule has 0 spiro atoms. The highest BCUT2D eigenvalue weighted by molar-refractivity contribution is 5.79. The van der Waals surface area contributed by atoms with Gasteiger partial charge in [-0.25, -0.2) is 0 Å². The zero-order chi connectivity index (χ0) is 19.4. The van der Waals surface area contributed by atoms with Crippen molar-refractivity contribution in [2.45, 2.75) is 46.6 Å². The maximum Gasteiger partial charge on any atom is 0.191 e. The largest absolute Gasteiger partial charge is 0.356 e. The lowest BCUT2D eigenvalue weighted by Crippen LogP contribution is -2.48. The summed E-state index contributed by atoms with van der Waals surface area (Å²) in [7, 11) is 4.07. The maximum absolute atomic E-state index is 4.40. The number of rotatable bonds is 11. The second-order valence-corrected chi connectivity index (χ2v) is 7.88. The molecule has 2 atom stereocenters. The Labute approximate surface area is 162 Å². The third-order valence-corrected chi connectivity index (χ3v) is 5.40. The predicted octanol–water partition coefficient (Wildman–Crippen LogP) is 1.55. The number of likely N-dealkylation sites (N-methyl/N-ethyl adjacent to an activating group) is 1. The van der Waals surface area contributed by atoms with Crippen LogP contribution < -0.4 is 10.6 Å². The fraction of sp³-hybridized carbons (Fsp3) is 0.950. The van der Waals surface area contributed by atoms with Gasteiger partial charge in [-0.1, -0.05) is 20.8 Å². The van der Waals surface area contributed by atoms with Gasteiger partial charge in [-0.15, -0.1) is 0 Å². The van der Waals surface area contributed by atoms with Crippen molar-refractivity contribution in [3.8, 4) is 0 Å². The zero-order valence-corrected chi connectivity index (χ0v) is 18.2. The van der Waals surface area contributed by atoms with E-state index in [1.54, 1.807) is 0 Å². The number of aliphatic imine (C=N–C) groups is 1. The first-order valence-electron chi connectivity index (χ1n) is 10.6. The monoisotopic (exact) mass is 368 g/mol. The summed E-state index contributed by atoms with van der Waals surface area (Å²) in [5.41, 5.74) is 0. The maximum atomic E-state index is 4.40. The summed E-state index contributed by atoms with van der Waals surface area (Å²) in [4.78, 5) is 11.9. The van der Waals surface area contributed by atoms with Crippen LogP contribution in [0.5, 0.6) is 0 Å². The molecular formula is C20H44N6. The normalized spacial score (nSPS) is 19.6. The van der Waals surface area contributed by atoms with Crippen LogP contribution in [0.3, 0.4) is 0 Å². The van der Waals surface area contributed by atoms with Crippen LogP contribution in [0.4, 0.5) is 0 Å². The molecule has 1 heterocycles. The van der Waals surface area contributed by atoms with Crippen LogP contribution in [0.25, 0.3) is 0 Å². The molecule has 1 rings (SSSR count). The second-order valence-electron chi connectivity index (χ2n) is 7.88. The van der Waals surface area contributed by atoms with Gasteiger partial charge >= 0.3 is 0 Å². The van der Waals surface area contributed by atoms with Gasteiger partial charge in [-0.3, -0.25) is 4.99 Å². The minimum absolute atomic E-state index is 0.449. The number of hydrogen-bond donors (Lipinski definition) is 2. The Bertz CT molecular complexity index is 374. The third kappa shape index (κ3) is 9.74. The van der Waals surface area contributed by atoms with Crippen LogP contribution in [0.15, 0.2) is 4.99 Å². The molecule has 0 bridgehead atoms. The van der Waals surface area contributed by atoms with Gasteiger partial charge in [0.25, 0.3) is 0 Å². The molecule has 6 nitrogen and oxygen atoms in total. The van der Waals surface area contributed by atoms with Crippen LogP contribution in [-0.2, 0) is 0 Å². The van der Waals surface area contributed by atoms with E-state index in [-0.39, 0.29) is 0 Å². The minimum atomic E-state index is 0.449. The molecular weight excluding hydrogens is 324 g/mol. The van der Waals surface area contributed by atoms with Crippen LogP contribution in [0, 0.1) is 5.92 Å². The highest BCUT2D eigenvalue weighted by Gasteiger charge is 2.16. The van der Waals surface area contributed by atoms with Crippen molar-refractivity contribution in [3.05, 3.63) is 0 Å². The van der Waals surface area contributed by atoms with Gasteiger partial charge in [-0.2, -0.15) is 0 Å². The lowest BCUT2D eigenvalue weighted by Gasteiger charge is -2.34. The summed E-state index contributed by atoms with van der Waals surface area (Å²) in [5, 5.41) is 7.05. The topological polar surface area (TPSA) is 46.1 Å². The summed E-state index contributed by atoms with van der Waals surface area (Å²) in [6.07, 6.45) is 2.40. The van der Waals surface area contributed by atoms with Gasteiger partial charge in [0.15, 0.2) is 5.96 Å². The highest BCUT2D eigenvalue weighted by Crippen LogP contribution is 2.04. The molecule has 1 aliphatic rings. The third-order valence-electron chi connectivity index (χ3n) is 5.40.